The molecule has 1 aliphatic rings. The number of aryl methyl sites for hydroxylation is 1. The van der Waals surface area contributed by atoms with Gasteiger partial charge in [-0.25, -0.2) is 4.98 Å². The van der Waals surface area contributed by atoms with Gasteiger partial charge in [0, 0.05) is 25.1 Å². The maximum absolute atomic E-state index is 9.30. The predicted octanol–water partition coefficient (Wildman–Crippen LogP) is 3.53. The summed E-state index contributed by atoms with van der Waals surface area (Å²) >= 11 is 1.73. The number of hydrogen-bond donors (Lipinski definition) is 2. The van der Waals surface area contributed by atoms with Crippen LogP contribution >= 0.6 is 11.3 Å². The number of nitrogens with one attached hydrogen (secondary N) is 1. The van der Waals surface area contributed by atoms with Gasteiger partial charge < -0.3 is 15.3 Å². The molecule has 0 saturated carbocycles. The molecular formula is C18H25N3OS. The zero-order valence-corrected chi connectivity index (χ0v) is 14.5. The number of rotatable bonds is 6. The minimum atomic E-state index is 0.317. The van der Waals surface area contributed by atoms with Crippen LogP contribution in [0.25, 0.3) is 0 Å². The van der Waals surface area contributed by atoms with E-state index in [9.17, 15) is 5.11 Å². The van der Waals surface area contributed by atoms with Crippen LogP contribution < -0.4 is 10.2 Å². The Balaban J connectivity index is 1.66. The van der Waals surface area contributed by atoms with Gasteiger partial charge in [-0.1, -0.05) is 19.1 Å². The van der Waals surface area contributed by atoms with Crippen LogP contribution in [0, 0.1) is 5.92 Å². The quantitative estimate of drug-likeness (QED) is 0.850. The predicted molar refractivity (Wildman–Crippen MR) is 97.3 cm³/mol. The molecule has 2 heterocycles. The van der Waals surface area contributed by atoms with Gasteiger partial charge in [-0.05, 0) is 37.3 Å². The number of anilines is 2. The fourth-order valence-electron chi connectivity index (χ4n) is 3.03. The fourth-order valence-corrected chi connectivity index (χ4v) is 3.78. The second-order valence-corrected chi connectivity index (χ2v) is 7.01. The standard InChI is InChI=1S/C18H25N3OS/c1-2-18-20-15(13-23-18)11-19-16-5-3-4-6-17(16)21-9-7-14(12-22)8-10-21/h3-6,13-14,19,22H,2,7-12H2,1H3. The fraction of sp³-hybridized carbons (Fsp3) is 0.500. The molecule has 5 heteroatoms. The number of benzene rings is 1. The van der Waals surface area contributed by atoms with Gasteiger partial charge in [0.2, 0.25) is 0 Å². The van der Waals surface area contributed by atoms with Crippen LogP contribution in [-0.4, -0.2) is 29.8 Å². The van der Waals surface area contributed by atoms with Crippen LogP contribution in [0.2, 0.25) is 0 Å². The summed E-state index contributed by atoms with van der Waals surface area (Å²) in [5.41, 5.74) is 3.54. The number of aliphatic hydroxyl groups is 1. The third kappa shape index (κ3) is 4.03. The van der Waals surface area contributed by atoms with Crippen molar-refractivity contribution in [2.24, 2.45) is 5.92 Å². The average molecular weight is 331 g/mol. The van der Waals surface area contributed by atoms with Gasteiger partial charge in [0.1, 0.15) is 0 Å². The maximum Gasteiger partial charge on any atom is 0.0926 e. The minimum Gasteiger partial charge on any atom is -0.396 e. The van der Waals surface area contributed by atoms with Crippen molar-refractivity contribution in [3.8, 4) is 0 Å². The first kappa shape index (κ1) is 16.3. The summed E-state index contributed by atoms with van der Waals surface area (Å²) < 4.78 is 0. The van der Waals surface area contributed by atoms with Crippen molar-refractivity contribution < 1.29 is 5.11 Å². The number of nitrogens with zero attached hydrogens (tertiary/aromatic N) is 2. The van der Waals surface area contributed by atoms with Crippen molar-refractivity contribution in [2.45, 2.75) is 32.7 Å². The molecule has 0 radical (unpaired) electrons. The molecule has 23 heavy (non-hydrogen) atoms. The lowest BCUT2D eigenvalue weighted by molar-refractivity contribution is 0.203. The van der Waals surface area contributed by atoms with E-state index in [1.54, 1.807) is 11.3 Å². The highest BCUT2D eigenvalue weighted by molar-refractivity contribution is 7.09. The Morgan fingerprint density at radius 1 is 1.30 bits per heavy atom. The number of para-hydroxylation sites is 2. The van der Waals surface area contributed by atoms with Gasteiger partial charge in [0.05, 0.1) is 28.6 Å². The van der Waals surface area contributed by atoms with E-state index < -0.39 is 0 Å². The van der Waals surface area contributed by atoms with Crippen molar-refractivity contribution in [3.05, 3.63) is 40.3 Å². The molecule has 3 rings (SSSR count). The summed E-state index contributed by atoms with van der Waals surface area (Å²) in [5.74, 6) is 0.467. The Bertz CT molecular complexity index is 620. The minimum absolute atomic E-state index is 0.317. The van der Waals surface area contributed by atoms with Gasteiger partial charge in [-0.2, -0.15) is 0 Å². The summed E-state index contributed by atoms with van der Waals surface area (Å²) in [6.07, 6.45) is 3.13. The van der Waals surface area contributed by atoms with Crippen molar-refractivity contribution in [1.82, 2.24) is 4.98 Å². The number of aromatic nitrogens is 1. The van der Waals surface area contributed by atoms with Crippen LogP contribution in [0.4, 0.5) is 11.4 Å². The number of hydrogen-bond acceptors (Lipinski definition) is 5. The average Bonchev–Trinajstić information content (AvgIpc) is 3.08. The molecule has 0 aliphatic carbocycles. The van der Waals surface area contributed by atoms with E-state index in [4.69, 9.17) is 0 Å². The summed E-state index contributed by atoms with van der Waals surface area (Å²) in [6.45, 7) is 5.25. The first-order valence-corrected chi connectivity index (χ1v) is 9.30. The lowest BCUT2D eigenvalue weighted by atomic mass is 9.97. The van der Waals surface area contributed by atoms with Crippen LogP contribution in [-0.2, 0) is 13.0 Å². The summed E-state index contributed by atoms with van der Waals surface area (Å²) in [6, 6.07) is 8.49. The van der Waals surface area contributed by atoms with Crippen molar-refractivity contribution in [3.63, 3.8) is 0 Å². The summed E-state index contributed by atoms with van der Waals surface area (Å²) in [5, 5.41) is 16.2. The molecule has 1 aromatic heterocycles. The van der Waals surface area contributed by atoms with Gasteiger partial charge in [-0.3, -0.25) is 0 Å². The van der Waals surface area contributed by atoms with Gasteiger partial charge in [0.25, 0.3) is 0 Å². The van der Waals surface area contributed by atoms with E-state index in [2.05, 4.69) is 51.8 Å². The molecule has 0 spiro atoms. The molecule has 0 amide bonds. The molecule has 0 atom stereocenters. The molecule has 2 aromatic rings. The zero-order chi connectivity index (χ0) is 16.1. The Labute approximate surface area is 142 Å². The summed E-state index contributed by atoms with van der Waals surface area (Å²) in [4.78, 5) is 7.05. The normalized spacial score (nSPS) is 15.8. The van der Waals surface area contributed by atoms with Crippen LogP contribution in [0.3, 0.4) is 0 Å². The maximum atomic E-state index is 9.30. The highest BCUT2D eigenvalue weighted by Crippen LogP contribution is 2.30. The smallest absolute Gasteiger partial charge is 0.0926 e. The van der Waals surface area contributed by atoms with Gasteiger partial charge >= 0.3 is 0 Å². The molecular weight excluding hydrogens is 306 g/mol. The Morgan fingerprint density at radius 2 is 2.09 bits per heavy atom. The molecule has 1 aliphatic heterocycles. The first-order valence-electron chi connectivity index (χ1n) is 8.42. The van der Waals surface area contributed by atoms with Crippen molar-refractivity contribution >= 4 is 22.7 Å². The third-order valence-corrected chi connectivity index (χ3v) is 5.52. The highest BCUT2D eigenvalue weighted by atomic mass is 32.1. The highest BCUT2D eigenvalue weighted by Gasteiger charge is 2.20. The molecule has 0 bridgehead atoms. The molecule has 1 saturated heterocycles. The van der Waals surface area contributed by atoms with E-state index in [-0.39, 0.29) is 0 Å². The zero-order valence-electron chi connectivity index (χ0n) is 13.7. The molecule has 124 valence electrons. The molecule has 2 N–H and O–H groups in total. The van der Waals surface area contributed by atoms with Gasteiger partial charge in [0.15, 0.2) is 0 Å². The van der Waals surface area contributed by atoms with E-state index in [0.717, 1.165) is 44.6 Å². The topological polar surface area (TPSA) is 48.4 Å². The van der Waals surface area contributed by atoms with Crippen LogP contribution in [0.1, 0.15) is 30.5 Å². The monoisotopic (exact) mass is 331 g/mol. The van der Waals surface area contributed by atoms with Crippen molar-refractivity contribution in [1.29, 1.82) is 0 Å². The Morgan fingerprint density at radius 3 is 2.78 bits per heavy atom. The van der Waals surface area contributed by atoms with Gasteiger partial charge in [-0.15, -0.1) is 11.3 Å². The Kier molecular flexibility index (Phi) is 5.51. The first-order chi connectivity index (χ1) is 11.3. The van der Waals surface area contributed by atoms with E-state index >= 15 is 0 Å². The SMILES string of the molecule is CCc1nc(CNc2ccccc2N2CCC(CO)CC2)cs1. The molecule has 1 aromatic carbocycles. The number of thiazole rings is 1. The van der Waals surface area contributed by atoms with Crippen molar-refractivity contribution in [2.75, 3.05) is 29.9 Å². The molecule has 0 unspecified atom stereocenters. The van der Waals surface area contributed by atoms with E-state index in [1.165, 1.54) is 16.4 Å². The lowest BCUT2D eigenvalue weighted by Crippen LogP contribution is -2.35. The van der Waals surface area contributed by atoms with Crippen LogP contribution in [0.5, 0.6) is 0 Å². The third-order valence-electron chi connectivity index (χ3n) is 4.48. The Hall–Kier alpha value is -1.59. The van der Waals surface area contributed by atoms with E-state index in [0.29, 0.717) is 12.5 Å². The second kappa shape index (κ2) is 7.79. The second-order valence-electron chi connectivity index (χ2n) is 6.07. The largest absolute Gasteiger partial charge is 0.396 e. The van der Waals surface area contributed by atoms with E-state index in [1.807, 2.05) is 0 Å². The molecule has 4 nitrogen and oxygen atoms in total. The molecule has 1 fully saturated rings. The number of aliphatic hydroxyl groups excluding tert-OH is 1. The van der Waals surface area contributed by atoms with Crippen LogP contribution in [0.15, 0.2) is 29.6 Å². The summed E-state index contributed by atoms with van der Waals surface area (Å²) in [7, 11) is 0. The lowest BCUT2D eigenvalue weighted by Gasteiger charge is -2.34. The number of piperidine rings is 1.